The van der Waals surface area contributed by atoms with Gasteiger partial charge < -0.3 is 28.6 Å². The number of esters is 1. The highest BCUT2D eigenvalue weighted by molar-refractivity contribution is 7.80. The summed E-state index contributed by atoms with van der Waals surface area (Å²) in [5.41, 5.74) is -0.658. The van der Waals surface area contributed by atoms with Gasteiger partial charge in [0.25, 0.3) is 0 Å². The Bertz CT molecular complexity index is 698. The third-order valence-corrected chi connectivity index (χ3v) is 7.55. The number of ether oxygens (including phenoxy) is 5. The third kappa shape index (κ3) is 7.10. The number of hydrogen-bond acceptors (Lipinski definition) is 8. The molecule has 0 aromatic heterocycles. The van der Waals surface area contributed by atoms with E-state index in [0.717, 1.165) is 18.6 Å². The van der Waals surface area contributed by atoms with E-state index in [9.17, 15) is 4.79 Å². The van der Waals surface area contributed by atoms with Gasteiger partial charge in [-0.05, 0) is 52.5 Å². The lowest BCUT2D eigenvalue weighted by Crippen LogP contribution is -2.55. The summed E-state index contributed by atoms with van der Waals surface area (Å²) in [5.74, 6) is -0.0215. The van der Waals surface area contributed by atoms with Crippen LogP contribution >= 0.6 is 12.6 Å². The predicted octanol–water partition coefficient (Wildman–Crippen LogP) is 4.26. The van der Waals surface area contributed by atoms with Gasteiger partial charge in [-0.15, -0.1) is 0 Å². The first-order valence-electron chi connectivity index (χ1n) is 12.0. The molecule has 8 heteroatoms. The number of thiol groups is 1. The molecule has 0 saturated carbocycles. The smallest absolute Gasteiger partial charge is 0.337 e. The summed E-state index contributed by atoms with van der Waals surface area (Å²) >= 11 is 4.49. The molecule has 1 fully saturated rings. The Labute approximate surface area is 205 Å². The van der Waals surface area contributed by atoms with Crippen molar-refractivity contribution >= 4 is 18.6 Å². The standard InChI is InChI=1S/C25H45NO6S/c1-15(14-33)13-25(7,28-10)22(18(4)20-12-21(27)32-24(5,6)31-20)30-23-17(3)19(26(8)9)11-16(2)29-23/h12,15-19,22-23,33H,11,13-14H2,1-10H3/t15-,16?,17?,18+,19?,22-,23+,25-/m1/s1. The lowest BCUT2D eigenvalue weighted by Gasteiger charge is -2.48. The van der Waals surface area contributed by atoms with E-state index in [1.165, 1.54) is 6.08 Å². The summed E-state index contributed by atoms with van der Waals surface area (Å²) in [6, 6.07) is 0.332. The van der Waals surface area contributed by atoms with Gasteiger partial charge in [-0.2, -0.15) is 12.6 Å². The predicted molar refractivity (Wildman–Crippen MR) is 132 cm³/mol. The van der Waals surface area contributed by atoms with Crippen molar-refractivity contribution < 1.29 is 28.5 Å². The Kier molecular flexibility index (Phi) is 9.73. The molecule has 0 spiro atoms. The van der Waals surface area contributed by atoms with Crippen LogP contribution in [-0.4, -0.2) is 73.8 Å². The van der Waals surface area contributed by atoms with Crippen LogP contribution in [0.4, 0.5) is 0 Å². The Morgan fingerprint density at radius 2 is 1.91 bits per heavy atom. The van der Waals surface area contributed by atoms with Crippen LogP contribution in [0.3, 0.4) is 0 Å². The highest BCUT2D eigenvalue weighted by Gasteiger charge is 2.47. The summed E-state index contributed by atoms with van der Waals surface area (Å²) in [4.78, 5) is 14.5. The van der Waals surface area contributed by atoms with Crippen molar-refractivity contribution in [2.75, 3.05) is 27.0 Å². The molecular weight excluding hydrogens is 442 g/mol. The second kappa shape index (κ2) is 11.3. The molecule has 192 valence electrons. The highest BCUT2D eigenvalue weighted by atomic mass is 32.1. The number of carbonyl (C=O) groups is 1. The quantitative estimate of drug-likeness (QED) is 0.365. The topological polar surface area (TPSA) is 66.5 Å². The molecule has 7 nitrogen and oxygen atoms in total. The van der Waals surface area contributed by atoms with Crippen LogP contribution in [0.1, 0.15) is 61.3 Å². The Morgan fingerprint density at radius 3 is 2.42 bits per heavy atom. The SMILES string of the molecule is CO[C@](C)(C[C@@H](C)CS)[C@H](O[C@@H]1OC(C)CC(N(C)C)C1C)[C@@H](C)C1=CC(=O)OC(C)(C)O1. The van der Waals surface area contributed by atoms with Gasteiger partial charge in [-0.1, -0.05) is 20.8 Å². The molecule has 2 aliphatic heterocycles. The maximum atomic E-state index is 12.3. The van der Waals surface area contributed by atoms with E-state index in [1.54, 1.807) is 21.0 Å². The molecule has 0 radical (unpaired) electrons. The zero-order valence-corrected chi connectivity index (χ0v) is 23.0. The normalized spacial score (nSPS) is 32.2. The lowest BCUT2D eigenvalue weighted by atomic mass is 9.81. The number of carbonyl (C=O) groups excluding carboxylic acids is 1. The van der Waals surface area contributed by atoms with Crippen molar-refractivity contribution in [1.29, 1.82) is 0 Å². The number of methoxy groups -OCH3 is 1. The van der Waals surface area contributed by atoms with E-state index in [4.69, 9.17) is 23.7 Å². The molecule has 33 heavy (non-hydrogen) atoms. The van der Waals surface area contributed by atoms with Crippen LogP contribution in [0.15, 0.2) is 11.8 Å². The van der Waals surface area contributed by atoms with Gasteiger partial charge in [0.05, 0.1) is 23.9 Å². The minimum atomic E-state index is -1.04. The van der Waals surface area contributed by atoms with Crippen LogP contribution < -0.4 is 0 Å². The third-order valence-electron chi connectivity index (χ3n) is 6.93. The second-order valence-corrected chi connectivity index (χ2v) is 11.1. The van der Waals surface area contributed by atoms with E-state index in [-0.39, 0.29) is 17.9 Å². The number of rotatable bonds is 10. The van der Waals surface area contributed by atoms with Crippen LogP contribution in [-0.2, 0) is 28.5 Å². The lowest BCUT2D eigenvalue weighted by molar-refractivity contribution is -0.284. The second-order valence-electron chi connectivity index (χ2n) is 10.8. The molecule has 2 aliphatic rings. The van der Waals surface area contributed by atoms with Crippen LogP contribution in [0.2, 0.25) is 0 Å². The molecule has 1 saturated heterocycles. The van der Waals surface area contributed by atoms with E-state index in [2.05, 4.69) is 59.3 Å². The van der Waals surface area contributed by atoms with Crippen molar-refractivity contribution in [3.05, 3.63) is 11.8 Å². The molecule has 0 amide bonds. The number of cyclic esters (lactones) is 1. The fourth-order valence-corrected chi connectivity index (χ4v) is 5.21. The average Bonchev–Trinajstić information content (AvgIpc) is 2.71. The van der Waals surface area contributed by atoms with E-state index in [0.29, 0.717) is 17.7 Å². The van der Waals surface area contributed by atoms with Gasteiger partial charge in [0.2, 0.25) is 5.79 Å². The zero-order valence-electron chi connectivity index (χ0n) is 22.1. The van der Waals surface area contributed by atoms with Gasteiger partial charge in [0.1, 0.15) is 5.76 Å². The minimum absolute atomic E-state index is 0.0683. The summed E-state index contributed by atoms with van der Waals surface area (Å²) in [5, 5.41) is 0. The fourth-order valence-electron chi connectivity index (χ4n) is 5.08. The Morgan fingerprint density at radius 1 is 1.27 bits per heavy atom. The monoisotopic (exact) mass is 487 g/mol. The highest BCUT2D eigenvalue weighted by Crippen LogP contribution is 2.40. The van der Waals surface area contributed by atoms with Crippen LogP contribution in [0, 0.1) is 17.8 Å². The van der Waals surface area contributed by atoms with Crippen molar-refractivity contribution in [2.45, 2.75) is 97.2 Å². The molecule has 3 unspecified atom stereocenters. The van der Waals surface area contributed by atoms with Crippen molar-refractivity contribution in [1.82, 2.24) is 4.90 Å². The maximum absolute atomic E-state index is 12.3. The van der Waals surface area contributed by atoms with Crippen molar-refractivity contribution in [3.63, 3.8) is 0 Å². The molecule has 0 N–H and O–H groups in total. The average molecular weight is 488 g/mol. The van der Waals surface area contributed by atoms with Crippen LogP contribution in [0.5, 0.6) is 0 Å². The maximum Gasteiger partial charge on any atom is 0.337 e. The first-order chi connectivity index (χ1) is 15.2. The van der Waals surface area contributed by atoms with Gasteiger partial charge in [-0.25, -0.2) is 4.79 Å². The number of nitrogens with zero attached hydrogens (tertiary/aromatic N) is 1. The minimum Gasteiger partial charge on any atom is -0.456 e. The Hall–Kier alpha value is -0.800. The molecular formula is C25H45NO6S. The largest absolute Gasteiger partial charge is 0.456 e. The van der Waals surface area contributed by atoms with Crippen molar-refractivity contribution in [2.24, 2.45) is 17.8 Å². The first-order valence-corrected chi connectivity index (χ1v) is 12.6. The number of hydrogen-bond donors (Lipinski definition) is 1. The van der Waals surface area contributed by atoms with Crippen molar-refractivity contribution in [3.8, 4) is 0 Å². The molecule has 0 aromatic rings. The zero-order chi connectivity index (χ0) is 25.1. The van der Waals surface area contributed by atoms with Gasteiger partial charge >= 0.3 is 5.97 Å². The molecule has 0 aromatic carbocycles. The Balaban J connectivity index is 2.43. The van der Waals surface area contributed by atoms with Gasteiger partial charge in [0.15, 0.2) is 6.29 Å². The summed E-state index contributed by atoms with van der Waals surface area (Å²) in [6.07, 6.45) is 2.31. The molecule has 2 heterocycles. The van der Waals surface area contributed by atoms with E-state index in [1.807, 2.05) is 6.92 Å². The molecule has 0 aliphatic carbocycles. The van der Waals surface area contributed by atoms with E-state index >= 15 is 0 Å². The van der Waals surface area contributed by atoms with E-state index < -0.39 is 29.8 Å². The van der Waals surface area contributed by atoms with Gasteiger partial charge in [0, 0.05) is 38.8 Å². The fraction of sp³-hybridized carbons (Fsp3) is 0.880. The summed E-state index contributed by atoms with van der Waals surface area (Å²) in [6.45, 7) is 13.9. The molecule has 8 atom stereocenters. The summed E-state index contributed by atoms with van der Waals surface area (Å²) < 4.78 is 30.6. The van der Waals surface area contributed by atoms with Crippen LogP contribution in [0.25, 0.3) is 0 Å². The molecule has 2 rings (SSSR count). The molecule has 0 bridgehead atoms. The first kappa shape index (κ1) is 28.4. The summed E-state index contributed by atoms with van der Waals surface area (Å²) in [7, 11) is 5.90. The van der Waals surface area contributed by atoms with Gasteiger partial charge in [-0.3, -0.25) is 0 Å².